The summed E-state index contributed by atoms with van der Waals surface area (Å²) in [5, 5.41) is 1.31. The van der Waals surface area contributed by atoms with Crippen LogP contribution in [0, 0.1) is 0 Å². The van der Waals surface area contributed by atoms with Crippen molar-refractivity contribution in [2.45, 2.75) is 0 Å². The first-order chi connectivity index (χ1) is 5.95. The lowest BCUT2D eigenvalue weighted by atomic mass is 10.3. The van der Waals surface area contributed by atoms with Crippen LogP contribution < -0.4 is 22.1 Å². The number of anilines is 2. The van der Waals surface area contributed by atoms with Crippen LogP contribution in [0.1, 0.15) is 0 Å². The van der Waals surface area contributed by atoms with E-state index in [1.54, 1.807) is 20.3 Å². The number of rotatable bonds is 1. The van der Waals surface area contributed by atoms with Gasteiger partial charge in [-0.1, -0.05) is 0 Å². The zero-order valence-electron chi connectivity index (χ0n) is 7.41. The van der Waals surface area contributed by atoms with Crippen LogP contribution in [0.3, 0.4) is 0 Å². The zero-order chi connectivity index (χ0) is 10.2. The number of aromatic nitrogens is 1. The molecular weight excluding hydrogens is 236 g/mol. The molecule has 0 aromatic carbocycles. The predicted molar refractivity (Wildman–Crippen MR) is 56.4 cm³/mol. The second kappa shape index (κ2) is 3.39. The maximum Gasteiger partial charge on any atom is 0.275 e. The minimum atomic E-state index is -0.254. The van der Waals surface area contributed by atoms with Crippen LogP contribution >= 0.6 is 15.9 Å². The van der Waals surface area contributed by atoms with Gasteiger partial charge in [-0.15, -0.1) is 0 Å². The third kappa shape index (κ3) is 1.68. The maximum atomic E-state index is 11.4. The highest BCUT2D eigenvalue weighted by Crippen LogP contribution is 2.26. The van der Waals surface area contributed by atoms with Gasteiger partial charge < -0.3 is 15.3 Å². The van der Waals surface area contributed by atoms with E-state index in [-0.39, 0.29) is 11.2 Å². The van der Waals surface area contributed by atoms with E-state index in [4.69, 9.17) is 11.6 Å². The largest absolute Gasteiger partial charge is 0.392 e. The summed E-state index contributed by atoms with van der Waals surface area (Å²) in [5.41, 5.74) is 5.99. The summed E-state index contributed by atoms with van der Waals surface area (Å²) in [7, 11) is 3.25. The quantitative estimate of drug-likeness (QED) is 0.542. The van der Waals surface area contributed by atoms with E-state index in [0.29, 0.717) is 10.2 Å². The van der Waals surface area contributed by atoms with Crippen molar-refractivity contribution < 1.29 is 0 Å². The fraction of sp³-hybridized carbons (Fsp3) is 0.286. The first-order valence-electron chi connectivity index (χ1n) is 3.58. The Kier molecular flexibility index (Phi) is 2.63. The number of nitrogen functional groups attached to an aromatic ring is 1. The molecule has 1 aromatic rings. The van der Waals surface area contributed by atoms with Crippen LogP contribution in [-0.2, 0) is 7.05 Å². The molecule has 0 fully saturated rings. The molecule has 1 heterocycles. The second-order valence-corrected chi connectivity index (χ2v) is 3.62. The van der Waals surface area contributed by atoms with Crippen molar-refractivity contribution in [1.82, 2.24) is 4.57 Å². The van der Waals surface area contributed by atoms with Crippen molar-refractivity contribution in [2.24, 2.45) is 12.9 Å². The van der Waals surface area contributed by atoms with Crippen molar-refractivity contribution in [3.05, 3.63) is 21.0 Å². The molecule has 0 spiro atoms. The Bertz CT molecular complexity index is 385. The molecule has 5 nitrogen and oxygen atoms in total. The van der Waals surface area contributed by atoms with Crippen LogP contribution in [0.2, 0.25) is 0 Å². The number of hydrazine groups is 1. The monoisotopic (exact) mass is 246 g/mol. The van der Waals surface area contributed by atoms with Gasteiger partial charge in [-0.2, -0.15) is 0 Å². The van der Waals surface area contributed by atoms with Gasteiger partial charge in [0.2, 0.25) is 0 Å². The SMILES string of the molecule is CN(N)c1c(Br)cn(C)c(=O)c1N. The average Bonchev–Trinajstić information content (AvgIpc) is 1.99. The van der Waals surface area contributed by atoms with Crippen molar-refractivity contribution in [3.8, 4) is 0 Å². The summed E-state index contributed by atoms with van der Waals surface area (Å²) < 4.78 is 2.09. The number of hydrogen-bond acceptors (Lipinski definition) is 4. The molecule has 0 saturated heterocycles. The number of pyridine rings is 1. The summed E-state index contributed by atoms with van der Waals surface area (Å²) in [6, 6.07) is 0. The van der Waals surface area contributed by atoms with Gasteiger partial charge in [-0.3, -0.25) is 4.79 Å². The molecule has 0 radical (unpaired) electrons. The predicted octanol–water partition coefficient (Wildman–Crippen LogP) is 0.0399. The highest BCUT2D eigenvalue weighted by atomic mass is 79.9. The molecule has 1 aromatic heterocycles. The van der Waals surface area contributed by atoms with Gasteiger partial charge in [-0.25, -0.2) is 5.84 Å². The van der Waals surface area contributed by atoms with Crippen LogP contribution in [0.5, 0.6) is 0 Å². The molecule has 1 rings (SSSR count). The summed E-state index contributed by atoms with van der Waals surface area (Å²) in [5.74, 6) is 5.51. The number of hydrogen-bond donors (Lipinski definition) is 2. The fourth-order valence-electron chi connectivity index (χ4n) is 1.07. The van der Waals surface area contributed by atoms with Gasteiger partial charge in [-0.05, 0) is 15.9 Å². The fourth-order valence-corrected chi connectivity index (χ4v) is 1.87. The molecular formula is C7H11BrN4O. The lowest BCUT2D eigenvalue weighted by Crippen LogP contribution is -2.30. The first kappa shape index (κ1) is 10.1. The second-order valence-electron chi connectivity index (χ2n) is 2.77. The molecule has 0 atom stereocenters. The Balaban J connectivity index is 3.53. The van der Waals surface area contributed by atoms with Crippen LogP contribution in [0.4, 0.5) is 11.4 Å². The third-order valence-corrected chi connectivity index (χ3v) is 2.27. The van der Waals surface area contributed by atoms with E-state index >= 15 is 0 Å². The standard InChI is InChI=1S/C7H11BrN4O/c1-11-3-4(8)6(12(2)10)5(9)7(11)13/h3H,9-10H2,1-2H3. The zero-order valence-corrected chi connectivity index (χ0v) is 9.00. The van der Waals surface area contributed by atoms with Crippen LogP contribution in [0.25, 0.3) is 0 Å². The number of nitrogens with zero attached hydrogens (tertiary/aromatic N) is 2. The number of halogens is 1. The molecule has 0 aliphatic heterocycles. The molecule has 0 aliphatic carbocycles. The Morgan fingerprint density at radius 2 is 2.15 bits per heavy atom. The van der Waals surface area contributed by atoms with Gasteiger partial charge >= 0.3 is 0 Å². The van der Waals surface area contributed by atoms with Crippen molar-refractivity contribution >= 4 is 27.3 Å². The molecule has 0 bridgehead atoms. The highest BCUT2D eigenvalue weighted by Gasteiger charge is 2.11. The van der Waals surface area contributed by atoms with E-state index in [9.17, 15) is 4.79 Å². The molecule has 0 amide bonds. The number of aryl methyl sites for hydroxylation is 1. The normalized spacial score (nSPS) is 10.2. The number of nitrogens with two attached hydrogens (primary N) is 2. The molecule has 6 heteroatoms. The molecule has 0 aliphatic rings. The Morgan fingerprint density at radius 1 is 1.62 bits per heavy atom. The van der Waals surface area contributed by atoms with Gasteiger partial charge in [0.1, 0.15) is 5.69 Å². The smallest absolute Gasteiger partial charge is 0.275 e. The average molecular weight is 247 g/mol. The lowest BCUT2D eigenvalue weighted by Gasteiger charge is -2.16. The Labute approximate surface area is 84.0 Å². The minimum Gasteiger partial charge on any atom is -0.392 e. The molecule has 72 valence electrons. The van der Waals surface area contributed by atoms with Gasteiger partial charge in [0.05, 0.1) is 10.2 Å². The van der Waals surface area contributed by atoms with E-state index in [1.165, 1.54) is 9.58 Å². The van der Waals surface area contributed by atoms with Crippen LogP contribution in [0.15, 0.2) is 15.5 Å². The Hall–Kier alpha value is -1.01. The Morgan fingerprint density at radius 3 is 2.62 bits per heavy atom. The van der Waals surface area contributed by atoms with Crippen LogP contribution in [-0.4, -0.2) is 11.6 Å². The minimum absolute atomic E-state index is 0.141. The van der Waals surface area contributed by atoms with Gasteiger partial charge in [0.25, 0.3) is 5.56 Å². The van der Waals surface area contributed by atoms with Crippen molar-refractivity contribution in [1.29, 1.82) is 0 Å². The van der Waals surface area contributed by atoms with Gasteiger partial charge in [0, 0.05) is 20.3 Å². The molecule has 13 heavy (non-hydrogen) atoms. The summed E-state index contributed by atoms with van der Waals surface area (Å²) in [4.78, 5) is 11.4. The van der Waals surface area contributed by atoms with Gasteiger partial charge in [0.15, 0.2) is 0 Å². The van der Waals surface area contributed by atoms with Crippen molar-refractivity contribution in [2.75, 3.05) is 17.8 Å². The first-order valence-corrected chi connectivity index (χ1v) is 4.37. The van der Waals surface area contributed by atoms with E-state index in [1.807, 2.05) is 0 Å². The summed E-state index contributed by atoms with van der Waals surface area (Å²) in [6.07, 6.45) is 1.62. The maximum absolute atomic E-state index is 11.4. The molecule has 0 saturated carbocycles. The molecule has 0 unspecified atom stereocenters. The van der Waals surface area contributed by atoms with E-state index in [2.05, 4.69) is 15.9 Å². The lowest BCUT2D eigenvalue weighted by molar-refractivity contribution is 0.852. The van der Waals surface area contributed by atoms with E-state index < -0.39 is 0 Å². The topological polar surface area (TPSA) is 77.3 Å². The highest BCUT2D eigenvalue weighted by molar-refractivity contribution is 9.10. The third-order valence-electron chi connectivity index (χ3n) is 1.69. The van der Waals surface area contributed by atoms with E-state index in [0.717, 1.165) is 0 Å². The summed E-state index contributed by atoms with van der Waals surface area (Å²) >= 11 is 3.27. The summed E-state index contributed by atoms with van der Waals surface area (Å²) in [6.45, 7) is 0. The molecule has 4 N–H and O–H groups in total. The van der Waals surface area contributed by atoms with Crippen molar-refractivity contribution in [3.63, 3.8) is 0 Å².